The van der Waals surface area contributed by atoms with Gasteiger partial charge < -0.3 is 19.5 Å². The number of anilines is 1. The summed E-state index contributed by atoms with van der Waals surface area (Å²) in [6.07, 6.45) is 1.67. The van der Waals surface area contributed by atoms with Gasteiger partial charge in [0, 0.05) is 22.8 Å². The summed E-state index contributed by atoms with van der Waals surface area (Å²) < 4.78 is 17.3. The van der Waals surface area contributed by atoms with Crippen LogP contribution in [0.1, 0.15) is 20.8 Å². The van der Waals surface area contributed by atoms with Crippen molar-refractivity contribution >= 4 is 28.5 Å². The van der Waals surface area contributed by atoms with E-state index in [0.717, 1.165) is 5.69 Å². The minimum atomic E-state index is -0.574. The average Bonchev–Trinajstić information content (AvgIpc) is 3.58. The fraction of sp³-hybridized carbons (Fsp3) is 0.111. The van der Waals surface area contributed by atoms with E-state index in [9.17, 15) is 9.59 Å². The lowest BCUT2D eigenvalue weighted by molar-refractivity contribution is 0.0596. The van der Waals surface area contributed by atoms with E-state index in [1.54, 1.807) is 55.4 Å². The van der Waals surface area contributed by atoms with Crippen molar-refractivity contribution in [1.82, 2.24) is 20.0 Å². The minimum Gasteiger partial charge on any atom is -0.493 e. The summed E-state index contributed by atoms with van der Waals surface area (Å²) in [5, 5.41) is 15.0. The quantitative estimate of drug-likeness (QED) is 0.318. The number of hydrogen-bond acceptors (Lipinski definition) is 7. The molecule has 0 radical (unpaired) electrons. The zero-order chi connectivity index (χ0) is 25.9. The third-order valence-corrected chi connectivity index (χ3v) is 5.84. The molecule has 0 aliphatic rings. The molecule has 2 aromatic heterocycles. The first-order valence-electron chi connectivity index (χ1n) is 11.3. The molecule has 10 nitrogen and oxygen atoms in total. The van der Waals surface area contributed by atoms with Crippen molar-refractivity contribution in [2.24, 2.45) is 0 Å². The Balaban J connectivity index is 1.56. The molecular formula is C27H23N5O5. The number of ether oxygens (including phenoxy) is 3. The number of nitrogens with zero attached hydrogens (tertiary/aromatic N) is 3. The van der Waals surface area contributed by atoms with Gasteiger partial charge in [-0.3, -0.25) is 9.89 Å². The first kappa shape index (κ1) is 23.6. The molecule has 0 spiro atoms. The molecule has 0 bridgehead atoms. The van der Waals surface area contributed by atoms with E-state index < -0.39 is 5.97 Å². The molecule has 2 N–H and O–H groups in total. The number of aromatic amines is 1. The number of amides is 1. The second-order valence-corrected chi connectivity index (χ2v) is 8.02. The Hall–Kier alpha value is -5.12. The zero-order valence-corrected chi connectivity index (χ0v) is 20.3. The predicted molar refractivity (Wildman–Crippen MR) is 137 cm³/mol. The highest BCUT2D eigenvalue weighted by molar-refractivity contribution is 6.09. The standard InChI is InChI=1S/C27H23N5O5/c1-35-22-12-9-16(13-23(22)36-2)24-20(15-32(31-24)18-7-5-4-6-8-18)26(33)28-17-10-11-21-19(14-17)25(30-29-21)27(34)37-3/h4-15H,1-3H3,(H,28,33)(H,29,30). The van der Waals surface area contributed by atoms with Gasteiger partial charge in [0.05, 0.1) is 38.1 Å². The number of rotatable bonds is 7. The summed E-state index contributed by atoms with van der Waals surface area (Å²) in [6.45, 7) is 0. The second-order valence-electron chi connectivity index (χ2n) is 8.02. The highest BCUT2D eigenvalue weighted by Gasteiger charge is 2.21. The van der Waals surface area contributed by atoms with E-state index in [4.69, 9.17) is 19.3 Å². The molecule has 1 amide bonds. The van der Waals surface area contributed by atoms with Gasteiger partial charge in [0.2, 0.25) is 0 Å². The van der Waals surface area contributed by atoms with Gasteiger partial charge in [-0.05, 0) is 48.5 Å². The van der Waals surface area contributed by atoms with Gasteiger partial charge in [-0.25, -0.2) is 9.48 Å². The Morgan fingerprint density at radius 3 is 2.43 bits per heavy atom. The molecular weight excluding hydrogens is 474 g/mol. The third kappa shape index (κ3) is 4.47. The van der Waals surface area contributed by atoms with Crippen LogP contribution in [0.2, 0.25) is 0 Å². The number of aromatic nitrogens is 4. The molecule has 37 heavy (non-hydrogen) atoms. The summed E-state index contributed by atoms with van der Waals surface area (Å²) in [4.78, 5) is 25.6. The number of fused-ring (bicyclic) bond motifs is 1. The highest BCUT2D eigenvalue weighted by Crippen LogP contribution is 2.34. The Bertz CT molecular complexity index is 1610. The number of benzene rings is 3. The van der Waals surface area contributed by atoms with Crippen molar-refractivity contribution in [2.45, 2.75) is 0 Å². The number of H-pyrrole nitrogens is 1. The molecule has 2 heterocycles. The van der Waals surface area contributed by atoms with Crippen LogP contribution < -0.4 is 14.8 Å². The van der Waals surface area contributed by atoms with Crippen molar-refractivity contribution in [3.63, 3.8) is 0 Å². The van der Waals surface area contributed by atoms with Crippen LogP contribution >= 0.6 is 0 Å². The Morgan fingerprint density at radius 1 is 0.919 bits per heavy atom. The molecule has 5 aromatic rings. The van der Waals surface area contributed by atoms with E-state index in [-0.39, 0.29) is 11.6 Å². The van der Waals surface area contributed by atoms with Crippen LogP contribution in [0.4, 0.5) is 5.69 Å². The lowest BCUT2D eigenvalue weighted by Gasteiger charge is -2.10. The van der Waals surface area contributed by atoms with Crippen molar-refractivity contribution < 1.29 is 23.8 Å². The molecule has 10 heteroatoms. The fourth-order valence-electron chi connectivity index (χ4n) is 3.99. The molecule has 0 unspecified atom stereocenters. The van der Waals surface area contributed by atoms with Crippen LogP contribution in [0.5, 0.6) is 11.5 Å². The maximum atomic E-state index is 13.5. The number of methoxy groups -OCH3 is 3. The van der Waals surface area contributed by atoms with Crippen LogP contribution in [0.25, 0.3) is 27.8 Å². The first-order valence-corrected chi connectivity index (χ1v) is 11.3. The molecule has 3 aromatic carbocycles. The van der Waals surface area contributed by atoms with Crippen molar-refractivity contribution in [3.05, 3.63) is 84.2 Å². The van der Waals surface area contributed by atoms with Gasteiger partial charge in [0.1, 0.15) is 5.69 Å². The SMILES string of the molecule is COC(=O)c1n[nH]c2ccc(NC(=O)c3cn(-c4ccccc4)nc3-c3ccc(OC)c(OC)c3)cc12. The predicted octanol–water partition coefficient (Wildman–Crippen LogP) is 4.47. The number of carbonyl (C=O) groups is 2. The normalized spacial score (nSPS) is 10.8. The van der Waals surface area contributed by atoms with E-state index in [1.807, 2.05) is 36.4 Å². The number of esters is 1. The maximum absolute atomic E-state index is 13.5. The average molecular weight is 498 g/mol. The van der Waals surface area contributed by atoms with E-state index in [0.29, 0.717) is 44.9 Å². The van der Waals surface area contributed by atoms with E-state index >= 15 is 0 Å². The summed E-state index contributed by atoms with van der Waals surface area (Å²) in [5.41, 5.74) is 3.53. The smallest absolute Gasteiger partial charge is 0.359 e. The second kappa shape index (κ2) is 9.86. The summed E-state index contributed by atoms with van der Waals surface area (Å²) in [6, 6.07) is 20.0. The Kier molecular flexibility index (Phi) is 6.29. The lowest BCUT2D eigenvalue weighted by atomic mass is 10.1. The van der Waals surface area contributed by atoms with Crippen molar-refractivity contribution in [2.75, 3.05) is 26.6 Å². The van der Waals surface area contributed by atoms with E-state index in [1.165, 1.54) is 7.11 Å². The van der Waals surface area contributed by atoms with Gasteiger partial charge in [-0.1, -0.05) is 18.2 Å². The summed E-state index contributed by atoms with van der Waals surface area (Å²) >= 11 is 0. The molecule has 186 valence electrons. The summed E-state index contributed by atoms with van der Waals surface area (Å²) in [5.74, 6) is 0.125. The molecule has 0 saturated heterocycles. The number of hydrogen-bond donors (Lipinski definition) is 2. The molecule has 0 aliphatic carbocycles. The Morgan fingerprint density at radius 2 is 1.70 bits per heavy atom. The zero-order valence-electron chi connectivity index (χ0n) is 20.3. The van der Waals surface area contributed by atoms with Crippen molar-refractivity contribution in [3.8, 4) is 28.4 Å². The van der Waals surface area contributed by atoms with Crippen LogP contribution in [0.3, 0.4) is 0 Å². The van der Waals surface area contributed by atoms with E-state index in [2.05, 4.69) is 15.5 Å². The number of para-hydroxylation sites is 1. The van der Waals surface area contributed by atoms with Crippen LogP contribution in [0, 0.1) is 0 Å². The number of nitrogens with one attached hydrogen (secondary N) is 2. The van der Waals surface area contributed by atoms with Gasteiger partial charge in [-0.15, -0.1) is 0 Å². The summed E-state index contributed by atoms with van der Waals surface area (Å²) in [7, 11) is 4.39. The molecule has 0 fully saturated rings. The minimum absolute atomic E-state index is 0.136. The van der Waals surface area contributed by atoms with Crippen LogP contribution in [-0.2, 0) is 4.74 Å². The molecule has 0 aliphatic heterocycles. The van der Waals surface area contributed by atoms with Crippen LogP contribution in [-0.4, -0.2) is 53.2 Å². The monoisotopic (exact) mass is 497 g/mol. The molecule has 0 atom stereocenters. The lowest BCUT2D eigenvalue weighted by Crippen LogP contribution is -2.12. The molecule has 5 rings (SSSR count). The van der Waals surface area contributed by atoms with Gasteiger partial charge in [-0.2, -0.15) is 10.2 Å². The fourth-order valence-corrected chi connectivity index (χ4v) is 3.99. The van der Waals surface area contributed by atoms with Gasteiger partial charge in [0.15, 0.2) is 17.2 Å². The molecule has 0 saturated carbocycles. The largest absolute Gasteiger partial charge is 0.493 e. The first-order chi connectivity index (χ1) is 18.0. The number of carbonyl (C=O) groups excluding carboxylic acids is 2. The topological polar surface area (TPSA) is 120 Å². The maximum Gasteiger partial charge on any atom is 0.359 e. The third-order valence-electron chi connectivity index (χ3n) is 5.84. The van der Waals surface area contributed by atoms with Gasteiger partial charge in [0.25, 0.3) is 5.91 Å². The van der Waals surface area contributed by atoms with Gasteiger partial charge >= 0.3 is 5.97 Å². The van der Waals surface area contributed by atoms with Crippen LogP contribution in [0.15, 0.2) is 72.9 Å². The highest BCUT2D eigenvalue weighted by atomic mass is 16.5. The Labute approximate surface area is 211 Å². The van der Waals surface area contributed by atoms with Crippen molar-refractivity contribution in [1.29, 1.82) is 0 Å².